The molecule has 2 heterocycles. The Kier molecular flexibility index (Phi) is 6.14. The van der Waals surface area contributed by atoms with Crippen LogP contribution in [0.2, 0.25) is 0 Å². The molecule has 3 aromatic rings. The monoisotopic (exact) mass is 401 g/mol. The van der Waals surface area contributed by atoms with Gasteiger partial charge in [0.15, 0.2) is 0 Å². The van der Waals surface area contributed by atoms with Crippen LogP contribution >= 0.6 is 11.8 Å². The molecule has 4 rings (SSSR count). The standard InChI is InChI=1S/C24H23N3OS/c1-29-21-11-9-19(10-12-21)8-5-14-26-15-13-23-22(17-26)24(28)27(18-25-23)16-20-6-3-2-4-7-20/h2-4,6-7,9-12,18H,13-17H2,1H3. The molecule has 1 aliphatic heterocycles. The number of hydrogen-bond donors (Lipinski definition) is 0. The first-order valence-electron chi connectivity index (χ1n) is 9.69. The molecule has 4 nitrogen and oxygen atoms in total. The van der Waals surface area contributed by atoms with Gasteiger partial charge in [-0.2, -0.15) is 0 Å². The minimum atomic E-state index is 0.0594. The molecule has 0 fully saturated rings. The van der Waals surface area contributed by atoms with Crippen molar-refractivity contribution in [2.24, 2.45) is 0 Å². The molecule has 29 heavy (non-hydrogen) atoms. The molecule has 1 aliphatic rings. The highest BCUT2D eigenvalue weighted by molar-refractivity contribution is 7.98. The number of benzene rings is 2. The summed E-state index contributed by atoms with van der Waals surface area (Å²) in [6.07, 6.45) is 4.54. The van der Waals surface area contributed by atoms with Gasteiger partial charge < -0.3 is 0 Å². The van der Waals surface area contributed by atoms with Gasteiger partial charge in [-0.25, -0.2) is 4.98 Å². The van der Waals surface area contributed by atoms with E-state index in [-0.39, 0.29) is 5.56 Å². The van der Waals surface area contributed by atoms with Crippen LogP contribution in [0.25, 0.3) is 0 Å². The lowest BCUT2D eigenvalue weighted by atomic mass is 10.1. The molecule has 5 heteroatoms. The summed E-state index contributed by atoms with van der Waals surface area (Å²) in [6, 6.07) is 18.3. The van der Waals surface area contributed by atoms with Crippen molar-refractivity contribution in [1.82, 2.24) is 14.5 Å². The average molecular weight is 402 g/mol. The zero-order valence-electron chi connectivity index (χ0n) is 16.5. The predicted molar refractivity (Wildman–Crippen MR) is 118 cm³/mol. The van der Waals surface area contributed by atoms with Gasteiger partial charge in [0, 0.05) is 30.0 Å². The molecule has 0 radical (unpaired) electrons. The molecule has 0 unspecified atom stereocenters. The van der Waals surface area contributed by atoms with Crippen molar-refractivity contribution in [3.05, 3.63) is 93.7 Å². The highest BCUT2D eigenvalue weighted by Gasteiger charge is 2.20. The summed E-state index contributed by atoms with van der Waals surface area (Å²) in [4.78, 5) is 21.0. The first-order valence-corrected chi connectivity index (χ1v) is 10.9. The number of rotatable bonds is 4. The molecule has 0 amide bonds. The third-order valence-corrected chi connectivity index (χ3v) is 5.83. The Bertz CT molecular complexity index is 1090. The van der Waals surface area contributed by atoms with E-state index in [0.717, 1.165) is 35.3 Å². The quantitative estimate of drug-likeness (QED) is 0.496. The molecule has 0 saturated heterocycles. The van der Waals surface area contributed by atoms with Crippen LogP contribution in [0.4, 0.5) is 0 Å². The fourth-order valence-corrected chi connectivity index (χ4v) is 3.87. The molecule has 0 atom stereocenters. The van der Waals surface area contributed by atoms with E-state index in [4.69, 9.17) is 0 Å². The molecular weight excluding hydrogens is 378 g/mol. The highest BCUT2D eigenvalue weighted by Crippen LogP contribution is 2.15. The van der Waals surface area contributed by atoms with Crippen molar-refractivity contribution >= 4 is 11.8 Å². The van der Waals surface area contributed by atoms with Gasteiger partial charge in [0.2, 0.25) is 0 Å². The largest absolute Gasteiger partial charge is 0.294 e. The van der Waals surface area contributed by atoms with Gasteiger partial charge >= 0.3 is 0 Å². The van der Waals surface area contributed by atoms with Gasteiger partial charge in [-0.05, 0) is 36.1 Å². The first-order chi connectivity index (χ1) is 14.2. The highest BCUT2D eigenvalue weighted by atomic mass is 32.2. The van der Waals surface area contributed by atoms with Crippen LogP contribution in [0.3, 0.4) is 0 Å². The van der Waals surface area contributed by atoms with Gasteiger partial charge in [0.1, 0.15) is 0 Å². The van der Waals surface area contributed by atoms with Gasteiger partial charge in [0.25, 0.3) is 5.56 Å². The van der Waals surface area contributed by atoms with E-state index in [0.29, 0.717) is 19.6 Å². The lowest BCUT2D eigenvalue weighted by molar-refractivity contribution is 0.280. The zero-order valence-corrected chi connectivity index (χ0v) is 17.3. The maximum Gasteiger partial charge on any atom is 0.258 e. The summed E-state index contributed by atoms with van der Waals surface area (Å²) >= 11 is 1.73. The van der Waals surface area contributed by atoms with E-state index in [1.54, 1.807) is 22.7 Å². The molecule has 0 bridgehead atoms. The Morgan fingerprint density at radius 1 is 1.10 bits per heavy atom. The SMILES string of the molecule is CSc1ccc(C#CCN2CCc3ncn(Cc4ccccc4)c(=O)c3C2)cc1. The van der Waals surface area contributed by atoms with E-state index in [9.17, 15) is 4.79 Å². The van der Waals surface area contributed by atoms with Crippen LogP contribution in [0, 0.1) is 11.8 Å². The van der Waals surface area contributed by atoms with Crippen molar-refractivity contribution in [1.29, 1.82) is 0 Å². The fourth-order valence-electron chi connectivity index (χ4n) is 3.46. The molecule has 0 N–H and O–H groups in total. The third-order valence-electron chi connectivity index (χ3n) is 5.09. The van der Waals surface area contributed by atoms with Crippen LogP contribution in [0.5, 0.6) is 0 Å². The van der Waals surface area contributed by atoms with E-state index in [1.807, 2.05) is 30.3 Å². The number of thioether (sulfide) groups is 1. The molecule has 1 aromatic heterocycles. The molecular formula is C24H23N3OS. The summed E-state index contributed by atoms with van der Waals surface area (Å²) < 4.78 is 1.71. The Balaban J connectivity index is 1.45. The molecule has 2 aromatic carbocycles. The lowest BCUT2D eigenvalue weighted by Crippen LogP contribution is -2.38. The minimum absolute atomic E-state index is 0.0594. The summed E-state index contributed by atoms with van der Waals surface area (Å²) in [5.74, 6) is 6.48. The van der Waals surface area contributed by atoms with Gasteiger partial charge in [-0.3, -0.25) is 14.3 Å². The van der Waals surface area contributed by atoms with Crippen LogP contribution < -0.4 is 5.56 Å². The third kappa shape index (κ3) is 4.79. The molecule has 0 saturated carbocycles. The predicted octanol–water partition coefficient (Wildman–Crippen LogP) is 3.42. The Morgan fingerprint density at radius 3 is 2.66 bits per heavy atom. The first kappa shape index (κ1) is 19.5. The lowest BCUT2D eigenvalue weighted by Gasteiger charge is -2.26. The van der Waals surface area contributed by atoms with E-state index >= 15 is 0 Å². The molecule has 0 aliphatic carbocycles. The van der Waals surface area contributed by atoms with Crippen molar-refractivity contribution in [3.8, 4) is 11.8 Å². The molecule has 146 valence electrons. The van der Waals surface area contributed by atoms with Crippen LogP contribution in [-0.2, 0) is 19.5 Å². The minimum Gasteiger partial charge on any atom is -0.294 e. The fraction of sp³-hybridized carbons (Fsp3) is 0.250. The van der Waals surface area contributed by atoms with Crippen LogP contribution in [-0.4, -0.2) is 33.8 Å². The maximum absolute atomic E-state index is 13.0. The van der Waals surface area contributed by atoms with Crippen LogP contribution in [0.1, 0.15) is 22.4 Å². The number of aromatic nitrogens is 2. The van der Waals surface area contributed by atoms with Crippen molar-refractivity contribution in [2.75, 3.05) is 19.3 Å². The summed E-state index contributed by atoms with van der Waals surface area (Å²) in [5.41, 5.74) is 3.91. The van der Waals surface area contributed by atoms with E-state index < -0.39 is 0 Å². The van der Waals surface area contributed by atoms with E-state index in [1.165, 1.54) is 4.90 Å². The normalized spacial score (nSPS) is 13.4. The van der Waals surface area contributed by atoms with Crippen molar-refractivity contribution in [3.63, 3.8) is 0 Å². The van der Waals surface area contributed by atoms with Gasteiger partial charge in [-0.1, -0.05) is 42.2 Å². The Hall–Kier alpha value is -2.81. The topological polar surface area (TPSA) is 38.1 Å². The van der Waals surface area contributed by atoms with Crippen LogP contribution in [0.15, 0.2) is 70.6 Å². The Morgan fingerprint density at radius 2 is 1.90 bits per heavy atom. The van der Waals surface area contributed by atoms with E-state index in [2.05, 4.69) is 52.2 Å². The smallest absolute Gasteiger partial charge is 0.258 e. The van der Waals surface area contributed by atoms with Gasteiger partial charge in [-0.15, -0.1) is 11.8 Å². The number of nitrogens with zero attached hydrogens (tertiary/aromatic N) is 3. The van der Waals surface area contributed by atoms with Crippen molar-refractivity contribution < 1.29 is 0 Å². The van der Waals surface area contributed by atoms with Gasteiger partial charge in [0.05, 0.1) is 30.7 Å². The second-order valence-corrected chi connectivity index (χ2v) is 7.96. The number of hydrogen-bond acceptors (Lipinski definition) is 4. The second-order valence-electron chi connectivity index (χ2n) is 7.08. The summed E-state index contributed by atoms with van der Waals surface area (Å²) in [7, 11) is 0. The summed E-state index contributed by atoms with van der Waals surface area (Å²) in [6.45, 7) is 2.68. The number of fused-ring (bicyclic) bond motifs is 1. The zero-order chi connectivity index (χ0) is 20.1. The average Bonchev–Trinajstić information content (AvgIpc) is 2.77. The maximum atomic E-state index is 13.0. The second kappa shape index (κ2) is 9.13. The van der Waals surface area contributed by atoms with Crippen molar-refractivity contribution in [2.45, 2.75) is 24.4 Å². The summed E-state index contributed by atoms with van der Waals surface area (Å²) in [5, 5.41) is 0. The molecule has 0 spiro atoms. The Labute approximate surface area is 175 Å².